The van der Waals surface area contributed by atoms with Crippen LogP contribution in [-0.2, 0) is 14.3 Å². The molecule has 2 aromatic carbocycles. The monoisotopic (exact) mass is 475 g/mol. The molecule has 2 aromatic rings. The molecule has 0 bridgehead atoms. The average Bonchev–Trinajstić information content (AvgIpc) is 2.85. The number of carbonyl (C=O) groups excluding carboxylic acids is 2. The normalized spacial score (nSPS) is 19.7. The van der Waals surface area contributed by atoms with Crippen LogP contribution < -0.4 is 14.8 Å². The van der Waals surface area contributed by atoms with Gasteiger partial charge in [-0.2, -0.15) is 0 Å². The van der Waals surface area contributed by atoms with Crippen molar-refractivity contribution < 1.29 is 23.8 Å². The van der Waals surface area contributed by atoms with Crippen molar-refractivity contribution in [3.05, 3.63) is 81.7 Å². The van der Waals surface area contributed by atoms with Crippen molar-refractivity contribution in [3.63, 3.8) is 0 Å². The van der Waals surface area contributed by atoms with Crippen molar-refractivity contribution in [2.24, 2.45) is 0 Å². The van der Waals surface area contributed by atoms with Gasteiger partial charge < -0.3 is 19.5 Å². The summed E-state index contributed by atoms with van der Waals surface area (Å²) in [5.41, 5.74) is 5.82. The predicted octanol–water partition coefficient (Wildman–Crippen LogP) is 5.33. The molecular weight excluding hydrogens is 442 g/mol. The first kappa shape index (κ1) is 24.6. The van der Waals surface area contributed by atoms with Crippen molar-refractivity contribution in [3.8, 4) is 11.5 Å². The van der Waals surface area contributed by atoms with Gasteiger partial charge in [-0.05, 0) is 55.9 Å². The molecule has 4 rings (SSSR count). The highest BCUT2D eigenvalue weighted by atomic mass is 16.5. The summed E-state index contributed by atoms with van der Waals surface area (Å²) >= 11 is 0. The maximum Gasteiger partial charge on any atom is 0.336 e. The Morgan fingerprint density at radius 2 is 1.77 bits per heavy atom. The van der Waals surface area contributed by atoms with Crippen molar-refractivity contribution >= 4 is 11.8 Å². The van der Waals surface area contributed by atoms with Crippen molar-refractivity contribution in [2.45, 2.75) is 51.9 Å². The Hall–Kier alpha value is -3.54. The van der Waals surface area contributed by atoms with Gasteiger partial charge in [0, 0.05) is 29.3 Å². The van der Waals surface area contributed by atoms with Crippen LogP contribution in [0.3, 0.4) is 0 Å². The number of esters is 1. The minimum absolute atomic E-state index is 0.00638. The lowest BCUT2D eigenvalue weighted by atomic mass is 9.71. The largest absolute Gasteiger partial charge is 0.493 e. The Labute approximate surface area is 207 Å². The first-order valence-corrected chi connectivity index (χ1v) is 12.1. The number of benzene rings is 2. The molecule has 1 aliphatic heterocycles. The van der Waals surface area contributed by atoms with Gasteiger partial charge in [0.25, 0.3) is 0 Å². The molecular formula is C29H33NO5. The summed E-state index contributed by atoms with van der Waals surface area (Å²) in [5, 5.41) is 3.40. The Balaban J connectivity index is 1.76. The maximum absolute atomic E-state index is 13.7. The number of hydrogen-bond acceptors (Lipinski definition) is 6. The van der Waals surface area contributed by atoms with Crippen molar-refractivity contribution in [1.82, 2.24) is 5.32 Å². The molecule has 6 heteroatoms. The van der Waals surface area contributed by atoms with Crippen LogP contribution in [0.5, 0.6) is 11.5 Å². The Morgan fingerprint density at radius 3 is 2.46 bits per heavy atom. The quantitative estimate of drug-likeness (QED) is 0.546. The lowest BCUT2D eigenvalue weighted by Crippen LogP contribution is -2.36. The van der Waals surface area contributed by atoms with Crippen LogP contribution >= 0.6 is 0 Å². The van der Waals surface area contributed by atoms with Crippen LogP contribution in [0, 0.1) is 6.92 Å². The minimum atomic E-state index is -0.450. The molecule has 2 atom stereocenters. The van der Waals surface area contributed by atoms with Gasteiger partial charge in [0.15, 0.2) is 17.3 Å². The molecule has 6 nitrogen and oxygen atoms in total. The molecule has 0 fully saturated rings. The summed E-state index contributed by atoms with van der Waals surface area (Å²) in [6.45, 7) is 6.21. The highest BCUT2D eigenvalue weighted by Crippen LogP contribution is 2.46. The Bertz CT molecular complexity index is 1210. The predicted molar refractivity (Wildman–Crippen MR) is 135 cm³/mol. The number of hydrogen-bond donors (Lipinski definition) is 1. The van der Waals surface area contributed by atoms with E-state index in [1.54, 1.807) is 14.2 Å². The fraction of sp³-hybridized carbons (Fsp3) is 0.379. The van der Waals surface area contributed by atoms with E-state index in [-0.39, 0.29) is 17.7 Å². The zero-order valence-electron chi connectivity index (χ0n) is 21.1. The summed E-state index contributed by atoms with van der Waals surface area (Å²) < 4.78 is 16.4. The molecule has 35 heavy (non-hydrogen) atoms. The zero-order chi connectivity index (χ0) is 25.1. The van der Waals surface area contributed by atoms with E-state index in [4.69, 9.17) is 14.2 Å². The van der Waals surface area contributed by atoms with E-state index >= 15 is 0 Å². The lowest BCUT2D eigenvalue weighted by molar-refractivity contribution is -0.139. The van der Waals surface area contributed by atoms with E-state index in [1.807, 2.05) is 57.2 Å². The Morgan fingerprint density at radius 1 is 1.00 bits per heavy atom. The summed E-state index contributed by atoms with van der Waals surface area (Å²) in [6.07, 6.45) is 1.75. The lowest BCUT2D eigenvalue weighted by Gasteiger charge is -2.37. The second-order valence-corrected chi connectivity index (χ2v) is 9.18. The number of Topliss-reactive ketones (excluding diaryl/α,β-unsaturated/α-hetero) is 1. The van der Waals surface area contributed by atoms with Crippen LogP contribution in [0.1, 0.15) is 61.6 Å². The third-order valence-electron chi connectivity index (χ3n) is 6.74. The molecule has 1 N–H and O–H groups in total. The molecule has 0 aromatic heterocycles. The van der Waals surface area contributed by atoms with Crippen molar-refractivity contribution in [2.75, 3.05) is 20.8 Å². The van der Waals surface area contributed by atoms with Gasteiger partial charge >= 0.3 is 5.97 Å². The molecule has 0 amide bonds. The van der Waals surface area contributed by atoms with E-state index in [2.05, 4.69) is 11.4 Å². The summed E-state index contributed by atoms with van der Waals surface area (Å²) in [5.74, 6) is 0.511. The SMILES string of the molecule is CCCOC(=O)C1=C(C)NC2=C(C(=O)CC(c3ccc(OC)c(OC)c3)C2)C1c1cccc(C)c1. The molecule has 2 unspecified atom stereocenters. The molecule has 1 aliphatic carbocycles. The minimum Gasteiger partial charge on any atom is -0.493 e. The number of ketones is 1. The van der Waals surface area contributed by atoms with E-state index < -0.39 is 5.92 Å². The molecule has 0 radical (unpaired) electrons. The van der Waals surface area contributed by atoms with Gasteiger partial charge in [-0.3, -0.25) is 4.79 Å². The average molecular weight is 476 g/mol. The standard InChI is InChI=1S/C29H33NO5/c1-6-12-35-29(32)26-18(3)30-22-14-21(19-10-11-24(33-4)25(16-19)34-5)15-23(31)28(22)27(26)20-9-7-8-17(2)13-20/h7-11,13,16,21,27,30H,6,12,14-15H2,1-5H3. The van der Waals surface area contributed by atoms with Crippen LogP contribution in [0.2, 0.25) is 0 Å². The van der Waals surface area contributed by atoms with E-state index in [9.17, 15) is 9.59 Å². The third kappa shape index (κ3) is 4.83. The number of methoxy groups -OCH3 is 2. The number of rotatable bonds is 7. The second kappa shape index (κ2) is 10.4. The molecule has 2 aliphatic rings. The zero-order valence-corrected chi connectivity index (χ0v) is 21.1. The number of dihydropyridines is 1. The smallest absolute Gasteiger partial charge is 0.336 e. The van der Waals surface area contributed by atoms with Gasteiger partial charge in [0.2, 0.25) is 0 Å². The number of nitrogens with one attached hydrogen (secondary N) is 1. The fourth-order valence-corrected chi connectivity index (χ4v) is 5.11. The van der Waals surface area contributed by atoms with Crippen LogP contribution in [-0.4, -0.2) is 32.6 Å². The first-order valence-electron chi connectivity index (χ1n) is 12.1. The highest BCUT2D eigenvalue weighted by molar-refractivity contribution is 6.04. The number of ether oxygens (including phenoxy) is 3. The van der Waals surface area contributed by atoms with E-state index in [0.29, 0.717) is 42.1 Å². The topological polar surface area (TPSA) is 73.9 Å². The second-order valence-electron chi connectivity index (χ2n) is 9.18. The molecule has 0 saturated carbocycles. The molecule has 1 heterocycles. The first-order chi connectivity index (χ1) is 16.9. The van der Waals surface area contributed by atoms with Crippen LogP contribution in [0.4, 0.5) is 0 Å². The molecule has 0 saturated heterocycles. The summed E-state index contributed by atoms with van der Waals surface area (Å²) in [6, 6.07) is 13.8. The Kier molecular flexibility index (Phi) is 7.29. The van der Waals surface area contributed by atoms with Crippen LogP contribution in [0.25, 0.3) is 0 Å². The summed E-state index contributed by atoms with van der Waals surface area (Å²) in [4.78, 5) is 26.9. The number of allylic oxidation sites excluding steroid dienone is 3. The van der Waals surface area contributed by atoms with Crippen molar-refractivity contribution in [1.29, 1.82) is 0 Å². The van der Waals surface area contributed by atoms with E-state index in [0.717, 1.165) is 34.5 Å². The van der Waals surface area contributed by atoms with E-state index in [1.165, 1.54) is 0 Å². The number of aryl methyl sites for hydroxylation is 1. The summed E-state index contributed by atoms with van der Waals surface area (Å²) in [7, 11) is 3.21. The fourth-order valence-electron chi connectivity index (χ4n) is 5.11. The van der Waals surface area contributed by atoms with Gasteiger partial charge in [-0.1, -0.05) is 42.8 Å². The highest BCUT2D eigenvalue weighted by Gasteiger charge is 2.41. The van der Waals surface area contributed by atoms with Crippen LogP contribution in [0.15, 0.2) is 65.0 Å². The number of carbonyl (C=O) groups is 2. The van der Waals surface area contributed by atoms with Gasteiger partial charge in [0.05, 0.1) is 26.4 Å². The molecule has 184 valence electrons. The molecule has 0 spiro atoms. The van der Waals surface area contributed by atoms with Gasteiger partial charge in [-0.15, -0.1) is 0 Å². The van der Waals surface area contributed by atoms with Gasteiger partial charge in [-0.25, -0.2) is 4.79 Å². The maximum atomic E-state index is 13.7. The van der Waals surface area contributed by atoms with Gasteiger partial charge in [0.1, 0.15) is 0 Å². The third-order valence-corrected chi connectivity index (χ3v) is 6.74.